The Bertz CT molecular complexity index is 1100. The number of amides is 2. The third kappa shape index (κ3) is 12.7. The first kappa shape index (κ1) is 36.9. The third-order valence-electron chi connectivity index (χ3n) is 7.69. The largest absolute Gasteiger partial charge is 0.444 e. The van der Waals surface area contributed by atoms with Crippen molar-refractivity contribution >= 4 is 23.6 Å². The normalized spacial score (nSPS) is 15.7. The Kier molecular flexibility index (Phi) is 14.0. The number of aliphatic hydroxyl groups excluding tert-OH is 1. The summed E-state index contributed by atoms with van der Waals surface area (Å²) in [4.78, 5) is 32.2. The molecule has 0 aliphatic carbocycles. The standard InChI is InChI=1S/C18H27FN2O2.C18H28N2O3/c1-18(2,3)23-17(22)21-13-11-20(12-14-21)16-8-6-15(7-9-16)5-4-10-19;1-18(2,3)23-17(22)20-12-10-19(11-13-20)16-8-6-15(7-9-16)5-4-14-21/h6-9H,4-5,10-14H2,1-3H3;6-9,21H,4-5,10-14H2,1-3H3. The number of aryl methyl sites for hydroxylation is 2. The molecule has 2 saturated heterocycles. The number of carbonyl (C=O) groups excluding carboxylic acids is 2. The number of benzene rings is 2. The van der Waals surface area contributed by atoms with E-state index in [0.29, 0.717) is 32.6 Å². The number of carbonyl (C=O) groups is 2. The Morgan fingerprint density at radius 3 is 1.28 bits per heavy atom. The number of halogens is 1. The van der Waals surface area contributed by atoms with E-state index < -0.39 is 11.2 Å². The predicted molar refractivity (Wildman–Crippen MR) is 183 cm³/mol. The summed E-state index contributed by atoms with van der Waals surface area (Å²) in [7, 11) is 0. The summed E-state index contributed by atoms with van der Waals surface area (Å²) in [6.45, 7) is 17.2. The second kappa shape index (κ2) is 17.4. The van der Waals surface area contributed by atoms with E-state index in [9.17, 15) is 14.0 Å². The van der Waals surface area contributed by atoms with Crippen molar-refractivity contribution in [1.29, 1.82) is 0 Å². The minimum atomic E-state index is -0.455. The molecule has 0 atom stereocenters. The Balaban J connectivity index is 0.000000250. The van der Waals surface area contributed by atoms with Gasteiger partial charge in [0.1, 0.15) is 11.2 Å². The van der Waals surface area contributed by atoms with Crippen LogP contribution in [0.4, 0.5) is 25.4 Å². The number of hydrogen-bond acceptors (Lipinski definition) is 7. The molecule has 2 aromatic carbocycles. The first-order valence-corrected chi connectivity index (χ1v) is 16.6. The van der Waals surface area contributed by atoms with E-state index in [1.807, 2.05) is 41.5 Å². The number of rotatable bonds is 8. The molecule has 2 aliphatic heterocycles. The summed E-state index contributed by atoms with van der Waals surface area (Å²) in [6.07, 6.45) is 2.60. The van der Waals surface area contributed by atoms with E-state index in [4.69, 9.17) is 14.6 Å². The van der Waals surface area contributed by atoms with E-state index in [2.05, 4.69) is 58.3 Å². The summed E-state index contributed by atoms with van der Waals surface area (Å²) in [5.74, 6) is 0. The smallest absolute Gasteiger partial charge is 0.410 e. The fourth-order valence-electron chi connectivity index (χ4n) is 5.25. The summed E-state index contributed by atoms with van der Waals surface area (Å²) in [5.41, 5.74) is 3.84. The van der Waals surface area contributed by atoms with Gasteiger partial charge in [-0.25, -0.2) is 9.59 Å². The van der Waals surface area contributed by atoms with Crippen LogP contribution in [0.3, 0.4) is 0 Å². The molecule has 46 heavy (non-hydrogen) atoms. The molecule has 4 rings (SSSR count). The molecule has 2 fully saturated rings. The van der Waals surface area contributed by atoms with Gasteiger partial charge in [-0.3, -0.25) is 4.39 Å². The molecule has 0 unspecified atom stereocenters. The molecule has 256 valence electrons. The highest BCUT2D eigenvalue weighted by molar-refractivity contribution is 5.69. The molecule has 2 heterocycles. The minimum Gasteiger partial charge on any atom is -0.444 e. The van der Waals surface area contributed by atoms with Gasteiger partial charge in [0.2, 0.25) is 0 Å². The maximum atomic E-state index is 12.2. The fourth-order valence-corrected chi connectivity index (χ4v) is 5.25. The van der Waals surface area contributed by atoms with E-state index in [1.54, 1.807) is 9.80 Å². The van der Waals surface area contributed by atoms with Crippen LogP contribution in [0.25, 0.3) is 0 Å². The number of hydrogen-bond donors (Lipinski definition) is 1. The first-order chi connectivity index (χ1) is 21.8. The van der Waals surface area contributed by atoms with Crippen molar-refractivity contribution in [3.8, 4) is 0 Å². The zero-order valence-corrected chi connectivity index (χ0v) is 28.8. The van der Waals surface area contributed by atoms with Crippen molar-refractivity contribution in [3.05, 3.63) is 59.7 Å². The van der Waals surface area contributed by atoms with Crippen molar-refractivity contribution in [2.75, 3.05) is 75.4 Å². The molecule has 0 radical (unpaired) electrons. The molecule has 0 saturated carbocycles. The predicted octanol–water partition coefficient (Wildman–Crippen LogP) is 6.31. The molecule has 2 amide bonds. The highest BCUT2D eigenvalue weighted by atomic mass is 19.1. The number of anilines is 2. The van der Waals surface area contributed by atoms with Crippen molar-refractivity contribution in [2.45, 2.75) is 78.4 Å². The lowest BCUT2D eigenvalue weighted by Gasteiger charge is -2.36. The molecule has 1 N–H and O–H groups in total. The van der Waals surface area contributed by atoms with Gasteiger partial charge in [-0.15, -0.1) is 0 Å². The quantitative estimate of drug-likeness (QED) is 0.361. The Hall–Kier alpha value is -3.53. The molecule has 10 heteroatoms. The van der Waals surface area contributed by atoms with Crippen LogP contribution in [0.1, 0.15) is 65.5 Å². The molecular weight excluding hydrogens is 587 g/mol. The number of aliphatic hydroxyl groups is 1. The topological polar surface area (TPSA) is 85.8 Å². The third-order valence-corrected chi connectivity index (χ3v) is 7.69. The molecule has 9 nitrogen and oxygen atoms in total. The summed E-state index contributed by atoms with van der Waals surface area (Å²) < 4.78 is 23.0. The fraction of sp³-hybridized carbons (Fsp3) is 0.611. The average molecular weight is 643 g/mol. The van der Waals surface area contributed by atoms with Gasteiger partial charge in [-0.2, -0.15) is 0 Å². The van der Waals surface area contributed by atoms with Gasteiger partial charge in [0, 0.05) is 70.3 Å². The van der Waals surface area contributed by atoms with Crippen LogP contribution in [0.15, 0.2) is 48.5 Å². The number of piperazine rings is 2. The van der Waals surface area contributed by atoms with E-state index >= 15 is 0 Å². The van der Waals surface area contributed by atoms with Gasteiger partial charge in [0.15, 0.2) is 0 Å². The number of ether oxygens (including phenoxy) is 2. The first-order valence-electron chi connectivity index (χ1n) is 16.6. The lowest BCUT2D eigenvalue weighted by atomic mass is 10.1. The highest BCUT2D eigenvalue weighted by Crippen LogP contribution is 2.21. The summed E-state index contributed by atoms with van der Waals surface area (Å²) >= 11 is 0. The Morgan fingerprint density at radius 1 is 0.630 bits per heavy atom. The van der Waals surface area contributed by atoms with E-state index in [0.717, 1.165) is 51.1 Å². The van der Waals surface area contributed by atoms with Crippen LogP contribution in [-0.2, 0) is 22.3 Å². The van der Waals surface area contributed by atoms with Crippen LogP contribution in [0, 0.1) is 0 Å². The molecule has 0 spiro atoms. The second-order valence-electron chi connectivity index (χ2n) is 13.9. The maximum Gasteiger partial charge on any atom is 0.410 e. The maximum absolute atomic E-state index is 12.2. The van der Waals surface area contributed by atoms with Gasteiger partial charge in [0.05, 0.1) is 6.67 Å². The Morgan fingerprint density at radius 2 is 0.978 bits per heavy atom. The van der Waals surface area contributed by atoms with Crippen molar-refractivity contribution < 1.29 is 28.6 Å². The van der Waals surface area contributed by atoms with Gasteiger partial charge in [-0.05, 0) is 103 Å². The molecule has 2 aliphatic rings. The zero-order chi connectivity index (χ0) is 33.7. The zero-order valence-electron chi connectivity index (χ0n) is 28.8. The van der Waals surface area contributed by atoms with Crippen LogP contribution < -0.4 is 9.80 Å². The van der Waals surface area contributed by atoms with Crippen LogP contribution >= 0.6 is 0 Å². The number of nitrogens with zero attached hydrogens (tertiary/aromatic N) is 4. The monoisotopic (exact) mass is 642 g/mol. The van der Waals surface area contributed by atoms with Crippen LogP contribution in [0.5, 0.6) is 0 Å². The van der Waals surface area contributed by atoms with Gasteiger partial charge in [0.25, 0.3) is 0 Å². The van der Waals surface area contributed by atoms with Gasteiger partial charge in [-0.1, -0.05) is 24.3 Å². The van der Waals surface area contributed by atoms with Crippen molar-refractivity contribution in [2.24, 2.45) is 0 Å². The van der Waals surface area contributed by atoms with Crippen LogP contribution in [0.2, 0.25) is 0 Å². The minimum absolute atomic E-state index is 0.225. The lowest BCUT2D eigenvalue weighted by Crippen LogP contribution is -2.50. The highest BCUT2D eigenvalue weighted by Gasteiger charge is 2.27. The van der Waals surface area contributed by atoms with Crippen molar-refractivity contribution in [1.82, 2.24) is 9.80 Å². The molecule has 2 aromatic rings. The molecular formula is C36H55FN4O5. The van der Waals surface area contributed by atoms with Gasteiger partial charge < -0.3 is 34.2 Å². The number of alkyl halides is 1. The van der Waals surface area contributed by atoms with E-state index in [1.165, 1.54) is 16.8 Å². The summed E-state index contributed by atoms with van der Waals surface area (Å²) in [5, 5.41) is 8.88. The van der Waals surface area contributed by atoms with E-state index in [-0.39, 0.29) is 25.5 Å². The summed E-state index contributed by atoms with van der Waals surface area (Å²) in [6, 6.07) is 16.8. The molecule has 0 aromatic heterocycles. The van der Waals surface area contributed by atoms with Crippen LogP contribution in [-0.4, -0.2) is 104 Å². The van der Waals surface area contributed by atoms with Crippen molar-refractivity contribution in [3.63, 3.8) is 0 Å². The average Bonchev–Trinajstić information content (AvgIpc) is 3.02. The molecule has 0 bridgehead atoms. The Labute approximate surface area is 275 Å². The second-order valence-corrected chi connectivity index (χ2v) is 13.9. The van der Waals surface area contributed by atoms with Gasteiger partial charge >= 0.3 is 12.2 Å². The SMILES string of the molecule is CC(C)(C)OC(=O)N1CCN(c2ccc(CCCF)cc2)CC1.CC(C)(C)OC(=O)N1CCN(c2ccc(CCCO)cc2)CC1. The lowest BCUT2D eigenvalue weighted by molar-refractivity contribution is 0.0230.